The van der Waals surface area contributed by atoms with Gasteiger partial charge in [0.25, 0.3) is 0 Å². The van der Waals surface area contributed by atoms with Crippen LogP contribution in [-0.4, -0.2) is 30.5 Å². The van der Waals surface area contributed by atoms with Gasteiger partial charge in [0.2, 0.25) is 0 Å². The Morgan fingerprint density at radius 1 is 1.38 bits per heavy atom. The van der Waals surface area contributed by atoms with Crippen LogP contribution < -0.4 is 5.32 Å². The second-order valence-electron chi connectivity index (χ2n) is 6.12. The van der Waals surface area contributed by atoms with Crippen LogP contribution in [0.25, 0.3) is 0 Å². The molecule has 1 aromatic rings. The molecule has 1 aromatic heterocycles. The molecular weight excluding hydrogens is 282 g/mol. The quantitative estimate of drug-likeness (QED) is 0.772. The first-order valence-electron chi connectivity index (χ1n) is 8.24. The molecule has 2 rings (SSSR count). The lowest BCUT2D eigenvalue weighted by Gasteiger charge is -2.31. The van der Waals surface area contributed by atoms with Gasteiger partial charge in [-0.2, -0.15) is 0 Å². The molecule has 1 saturated carbocycles. The highest BCUT2D eigenvalue weighted by molar-refractivity contribution is 7.11. The van der Waals surface area contributed by atoms with E-state index < -0.39 is 6.10 Å². The normalized spacial score (nSPS) is 24.1. The van der Waals surface area contributed by atoms with Crippen LogP contribution in [0.4, 0.5) is 0 Å². The van der Waals surface area contributed by atoms with Gasteiger partial charge < -0.3 is 15.2 Å². The fraction of sp³-hybridized carbons (Fsp3) is 0.765. The lowest BCUT2D eigenvalue weighted by molar-refractivity contribution is -0.0499. The van der Waals surface area contributed by atoms with Crippen molar-refractivity contribution in [2.24, 2.45) is 5.92 Å². The van der Waals surface area contributed by atoms with Crippen LogP contribution in [-0.2, 0) is 11.3 Å². The second-order valence-corrected chi connectivity index (χ2v) is 7.49. The van der Waals surface area contributed by atoms with Gasteiger partial charge in [-0.25, -0.2) is 0 Å². The molecule has 0 amide bonds. The molecule has 21 heavy (non-hydrogen) atoms. The number of hydrogen-bond donors (Lipinski definition) is 2. The van der Waals surface area contributed by atoms with Crippen LogP contribution in [0, 0.1) is 12.8 Å². The monoisotopic (exact) mass is 311 g/mol. The lowest BCUT2D eigenvalue weighted by atomic mass is 9.85. The Hall–Kier alpha value is -0.420. The summed E-state index contributed by atoms with van der Waals surface area (Å²) in [5, 5.41) is 13.3. The molecule has 1 heterocycles. The zero-order valence-electron chi connectivity index (χ0n) is 13.3. The molecule has 0 aliphatic heterocycles. The van der Waals surface area contributed by atoms with Gasteiger partial charge in [-0.05, 0) is 37.8 Å². The van der Waals surface area contributed by atoms with Crippen LogP contribution in [0.2, 0.25) is 0 Å². The Balaban J connectivity index is 1.61. The van der Waals surface area contributed by atoms with Crippen molar-refractivity contribution in [1.82, 2.24) is 5.32 Å². The predicted molar refractivity (Wildman–Crippen MR) is 88.8 cm³/mol. The fourth-order valence-corrected chi connectivity index (χ4v) is 3.96. The minimum atomic E-state index is -0.412. The Labute approximate surface area is 132 Å². The fourth-order valence-electron chi connectivity index (χ4n) is 3.10. The van der Waals surface area contributed by atoms with Gasteiger partial charge in [0, 0.05) is 22.8 Å². The number of thiophene rings is 1. The molecule has 0 bridgehead atoms. The summed E-state index contributed by atoms with van der Waals surface area (Å²) in [5.74, 6) is 0.688. The van der Waals surface area contributed by atoms with E-state index in [1.807, 2.05) is 0 Å². The van der Waals surface area contributed by atoms with Crippen molar-refractivity contribution in [3.8, 4) is 0 Å². The van der Waals surface area contributed by atoms with E-state index in [1.165, 1.54) is 35.4 Å². The number of nitrogens with one attached hydrogen (secondary N) is 1. The predicted octanol–water partition coefficient (Wildman–Crippen LogP) is 3.49. The van der Waals surface area contributed by atoms with Crippen LogP contribution in [0.15, 0.2) is 12.1 Å². The van der Waals surface area contributed by atoms with Crippen LogP contribution in [0.3, 0.4) is 0 Å². The second kappa shape index (κ2) is 8.89. The SMILES string of the molecule is CCC1CCCCC1OCC(O)CNCc1ccc(C)s1. The Morgan fingerprint density at radius 3 is 2.90 bits per heavy atom. The molecule has 0 aromatic carbocycles. The third-order valence-corrected chi connectivity index (χ3v) is 5.34. The van der Waals surface area contributed by atoms with Crippen molar-refractivity contribution in [2.75, 3.05) is 13.2 Å². The summed E-state index contributed by atoms with van der Waals surface area (Å²) in [6.45, 7) is 6.24. The van der Waals surface area contributed by atoms with Crippen LogP contribution in [0.5, 0.6) is 0 Å². The summed E-state index contributed by atoms with van der Waals surface area (Å²) in [6.07, 6.45) is 6.19. The van der Waals surface area contributed by atoms with E-state index in [2.05, 4.69) is 31.3 Å². The lowest BCUT2D eigenvalue weighted by Crippen LogP contribution is -2.34. The number of aliphatic hydroxyl groups excluding tert-OH is 1. The van der Waals surface area contributed by atoms with E-state index in [0.29, 0.717) is 25.2 Å². The minimum Gasteiger partial charge on any atom is -0.389 e. The zero-order valence-corrected chi connectivity index (χ0v) is 14.1. The number of aliphatic hydroxyl groups is 1. The Kier molecular flexibility index (Phi) is 7.17. The van der Waals surface area contributed by atoms with Crippen molar-refractivity contribution in [3.63, 3.8) is 0 Å². The Morgan fingerprint density at radius 2 is 2.19 bits per heavy atom. The first-order valence-corrected chi connectivity index (χ1v) is 9.06. The third kappa shape index (κ3) is 5.70. The van der Waals surface area contributed by atoms with Gasteiger partial charge in [-0.1, -0.05) is 26.2 Å². The van der Waals surface area contributed by atoms with Crippen molar-refractivity contribution in [1.29, 1.82) is 0 Å². The largest absolute Gasteiger partial charge is 0.389 e. The molecule has 4 heteroatoms. The first kappa shape index (κ1) is 16.9. The zero-order chi connectivity index (χ0) is 15.1. The number of ether oxygens (including phenoxy) is 1. The summed E-state index contributed by atoms with van der Waals surface area (Å²) in [6, 6.07) is 4.28. The molecule has 3 unspecified atom stereocenters. The summed E-state index contributed by atoms with van der Waals surface area (Å²) >= 11 is 1.80. The van der Waals surface area contributed by atoms with E-state index in [-0.39, 0.29) is 0 Å². The van der Waals surface area contributed by atoms with Crippen molar-refractivity contribution in [2.45, 2.75) is 64.7 Å². The van der Waals surface area contributed by atoms with Gasteiger partial charge in [0.15, 0.2) is 0 Å². The van der Waals surface area contributed by atoms with Crippen molar-refractivity contribution >= 4 is 11.3 Å². The smallest absolute Gasteiger partial charge is 0.0897 e. The molecular formula is C17H29NO2S. The summed E-state index contributed by atoms with van der Waals surface area (Å²) < 4.78 is 5.97. The van der Waals surface area contributed by atoms with E-state index in [9.17, 15) is 5.11 Å². The number of hydrogen-bond acceptors (Lipinski definition) is 4. The van der Waals surface area contributed by atoms with Gasteiger partial charge in [-0.3, -0.25) is 0 Å². The maximum absolute atomic E-state index is 10.0. The molecule has 3 nitrogen and oxygen atoms in total. The molecule has 1 fully saturated rings. The van der Waals surface area contributed by atoms with Gasteiger partial charge in [-0.15, -0.1) is 11.3 Å². The molecule has 0 spiro atoms. The summed E-state index contributed by atoms with van der Waals surface area (Å²) in [4.78, 5) is 2.65. The first-order chi connectivity index (χ1) is 10.2. The van der Waals surface area contributed by atoms with Crippen LogP contribution in [0.1, 0.15) is 48.8 Å². The van der Waals surface area contributed by atoms with Crippen LogP contribution >= 0.6 is 11.3 Å². The summed E-state index contributed by atoms with van der Waals surface area (Å²) in [5.41, 5.74) is 0. The van der Waals surface area contributed by atoms with E-state index in [4.69, 9.17) is 4.74 Å². The van der Waals surface area contributed by atoms with E-state index in [1.54, 1.807) is 11.3 Å². The minimum absolute atomic E-state index is 0.360. The molecule has 2 N–H and O–H groups in total. The third-order valence-electron chi connectivity index (χ3n) is 4.34. The van der Waals surface area contributed by atoms with E-state index in [0.717, 1.165) is 13.0 Å². The number of aryl methyl sites for hydroxylation is 1. The van der Waals surface area contributed by atoms with Crippen molar-refractivity contribution in [3.05, 3.63) is 21.9 Å². The highest BCUT2D eigenvalue weighted by atomic mass is 32.1. The topological polar surface area (TPSA) is 41.5 Å². The highest BCUT2D eigenvalue weighted by Gasteiger charge is 2.24. The maximum Gasteiger partial charge on any atom is 0.0897 e. The molecule has 3 atom stereocenters. The number of rotatable bonds is 8. The highest BCUT2D eigenvalue weighted by Crippen LogP contribution is 2.29. The molecule has 0 radical (unpaired) electrons. The average molecular weight is 311 g/mol. The molecule has 120 valence electrons. The summed E-state index contributed by atoms with van der Waals surface area (Å²) in [7, 11) is 0. The Bertz CT molecular complexity index is 407. The molecule has 1 aliphatic rings. The van der Waals surface area contributed by atoms with Gasteiger partial charge in [0.1, 0.15) is 0 Å². The standard InChI is InChI=1S/C17H29NO2S/c1-3-14-6-4-5-7-17(14)20-12-15(19)10-18-11-16-9-8-13(2)21-16/h8-9,14-15,17-19H,3-7,10-12H2,1-2H3. The average Bonchev–Trinajstić information content (AvgIpc) is 2.91. The molecule has 0 saturated heterocycles. The van der Waals surface area contributed by atoms with Gasteiger partial charge >= 0.3 is 0 Å². The van der Waals surface area contributed by atoms with Crippen molar-refractivity contribution < 1.29 is 9.84 Å². The van der Waals surface area contributed by atoms with Gasteiger partial charge in [0.05, 0.1) is 18.8 Å². The van der Waals surface area contributed by atoms with E-state index >= 15 is 0 Å². The molecule has 1 aliphatic carbocycles. The maximum atomic E-state index is 10.0.